The summed E-state index contributed by atoms with van der Waals surface area (Å²) < 4.78 is 5.68. The number of rotatable bonds is 7. The summed E-state index contributed by atoms with van der Waals surface area (Å²) in [5.41, 5.74) is 2.15. The molecule has 0 heterocycles. The van der Waals surface area contributed by atoms with Crippen molar-refractivity contribution in [2.24, 2.45) is 5.92 Å². The van der Waals surface area contributed by atoms with Gasteiger partial charge in [0.25, 0.3) is 5.91 Å². The molecule has 25 heavy (non-hydrogen) atoms. The summed E-state index contributed by atoms with van der Waals surface area (Å²) in [6.45, 7) is 5.46. The lowest BCUT2D eigenvalue weighted by atomic mass is 10.1. The van der Waals surface area contributed by atoms with E-state index >= 15 is 0 Å². The Bertz CT molecular complexity index is 745. The van der Waals surface area contributed by atoms with Gasteiger partial charge < -0.3 is 9.64 Å². The van der Waals surface area contributed by atoms with E-state index in [9.17, 15) is 4.79 Å². The Balaban J connectivity index is 1.96. The molecule has 0 radical (unpaired) electrons. The zero-order valence-electron chi connectivity index (χ0n) is 15.0. The van der Waals surface area contributed by atoms with Gasteiger partial charge in [-0.05, 0) is 54.3 Å². The molecule has 0 saturated heterocycles. The summed E-state index contributed by atoms with van der Waals surface area (Å²) in [5.74, 6) is 1.33. The van der Waals surface area contributed by atoms with Gasteiger partial charge in [-0.25, -0.2) is 0 Å². The van der Waals surface area contributed by atoms with Crippen LogP contribution in [0.3, 0.4) is 0 Å². The van der Waals surface area contributed by atoms with Gasteiger partial charge in [0.05, 0.1) is 18.2 Å². The van der Waals surface area contributed by atoms with E-state index in [1.807, 2.05) is 24.3 Å². The fourth-order valence-corrected chi connectivity index (χ4v) is 2.41. The number of carbonyl (C=O) groups is 1. The summed E-state index contributed by atoms with van der Waals surface area (Å²) in [6.07, 6.45) is 1.01. The minimum atomic E-state index is -0.0592. The molecule has 4 nitrogen and oxygen atoms in total. The average Bonchev–Trinajstić information content (AvgIpc) is 2.61. The van der Waals surface area contributed by atoms with Gasteiger partial charge in [0.1, 0.15) is 5.75 Å². The van der Waals surface area contributed by atoms with E-state index in [1.54, 1.807) is 36.2 Å². The maximum absolute atomic E-state index is 12.5. The molecule has 130 valence electrons. The lowest BCUT2D eigenvalue weighted by molar-refractivity contribution is 0.0785. The topological polar surface area (TPSA) is 53.3 Å². The number of hydrogen-bond donors (Lipinski definition) is 0. The first-order valence-electron chi connectivity index (χ1n) is 8.47. The van der Waals surface area contributed by atoms with E-state index in [-0.39, 0.29) is 5.91 Å². The zero-order valence-corrected chi connectivity index (χ0v) is 15.0. The molecule has 0 atom stereocenters. The highest BCUT2D eigenvalue weighted by atomic mass is 16.5. The Morgan fingerprint density at radius 2 is 1.92 bits per heavy atom. The van der Waals surface area contributed by atoms with Crippen LogP contribution in [0.5, 0.6) is 5.75 Å². The molecule has 0 aliphatic rings. The van der Waals surface area contributed by atoms with E-state index in [4.69, 9.17) is 10.00 Å². The summed E-state index contributed by atoms with van der Waals surface area (Å²) >= 11 is 0. The highest BCUT2D eigenvalue weighted by Gasteiger charge is 2.12. The molecule has 0 aliphatic carbocycles. The number of hydrogen-bond acceptors (Lipinski definition) is 3. The Hall–Kier alpha value is -2.80. The van der Waals surface area contributed by atoms with Gasteiger partial charge in [0, 0.05) is 19.2 Å². The van der Waals surface area contributed by atoms with E-state index in [2.05, 4.69) is 19.9 Å². The standard InChI is InChI=1S/C21H24N2O2/c1-16(2)11-12-25-20-9-7-19(8-10-20)21(24)23(3)15-18-6-4-5-17(13-18)14-22/h4-10,13,16H,11-12,15H2,1-3H3. The highest BCUT2D eigenvalue weighted by Crippen LogP contribution is 2.16. The molecule has 0 fully saturated rings. The maximum Gasteiger partial charge on any atom is 0.253 e. The van der Waals surface area contributed by atoms with Crippen molar-refractivity contribution in [1.82, 2.24) is 4.90 Å². The summed E-state index contributed by atoms with van der Waals surface area (Å²) in [4.78, 5) is 14.2. The van der Waals surface area contributed by atoms with Crippen molar-refractivity contribution in [2.45, 2.75) is 26.8 Å². The third-order valence-corrected chi connectivity index (χ3v) is 3.89. The Morgan fingerprint density at radius 3 is 2.56 bits per heavy atom. The fourth-order valence-electron chi connectivity index (χ4n) is 2.41. The van der Waals surface area contributed by atoms with E-state index in [1.165, 1.54) is 0 Å². The van der Waals surface area contributed by atoms with Gasteiger partial charge >= 0.3 is 0 Å². The molecule has 0 aliphatic heterocycles. The van der Waals surface area contributed by atoms with Crippen molar-refractivity contribution in [2.75, 3.05) is 13.7 Å². The molecule has 0 bridgehead atoms. The number of amides is 1. The average molecular weight is 336 g/mol. The molecule has 0 aromatic heterocycles. The first-order chi connectivity index (χ1) is 12.0. The number of nitriles is 1. The highest BCUT2D eigenvalue weighted by molar-refractivity contribution is 5.94. The van der Waals surface area contributed by atoms with Crippen LogP contribution >= 0.6 is 0 Å². The number of carbonyl (C=O) groups excluding carboxylic acids is 1. The molecule has 2 aromatic rings. The van der Waals surface area contributed by atoms with Crippen molar-refractivity contribution < 1.29 is 9.53 Å². The number of benzene rings is 2. The quantitative estimate of drug-likeness (QED) is 0.759. The second-order valence-corrected chi connectivity index (χ2v) is 6.53. The summed E-state index contributed by atoms with van der Waals surface area (Å²) in [7, 11) is 1.76. The van der Waals surface area contributed by atoms with Crippen LogP contribution < -0.4 is 4.74 Å². The van der Waals surface area contributed by atoms with Crippen molar-refractivity contribution in [3.8, 4) is 11.8 Å². The Morgan fingerprint density at radius 1 is 1.20 bits per heavy atom. The van der Waals surface area contributed by atoms with Gasteiger partial charge in [0.2, 0.25) is 0 Å². The minimum absolute atomic E-state index is 0.0592. The normalized spacial score (nSPS) is 10.4. The van der Waals surface area contributed by atoms with Crippen LogP contribution in [-0.4, -0.2) is 24.5 Å². The van der Waals surface area contributed by atoms with Crippen molar-refractivity contribution in [3.63, 3.8) is 0 Å². The predicted molar refractivity (Wildman–Crippen MR) is 98.3 cm³/mol. The van der Waals surface area contributed by atoms with Gasteiger partial charge in [-0.15, -0.1) is 0 Å². The van der Waals surface area contributed by atoms with Crippen LogP contribution in [0.15, 0.2) is 48.5 Å². The molecule has 0 spiro atoms. The fraction of sp³-hybridized carbons (Fsp3) is 0.333. The smallest absolute Gasteiger partial charge is 0.253 e. The van der Waals surface area contributed by atoms with Crippen LogP contribution in [0.2, 0.25) is 0 Å². The zero-order chi connectivity index (χ0) is 18.2. The van der Waals surface area contributed by atoms with Crippen LogP contribution in [-0.2, 0) is 6.54 Å². The first kappa shape index (κ1) is 18.5. The van der Waals surface area contributed by atoms with Gasteiger partial charge in [-0.3, -0.25) is 4.79 Å². The molecule has 4 heteroatoms. The first-order valence-corrected chi connectivity index (χ1v) is 8.47. The van der Waals surface area contributed by atoms with E-state index in [0.717, 1.165) is 17.7 Å². The summed E-state index contributed by atoms with van der Waals surface area (Å²) in [6, 6.07) is 16.6. The van der Waals surface area contributed by atoms with Crippen molar-refractivity contribution in [1.29, 1.82) is 5.26 Å². The number of ether oxygens (including phenoxy) is 1. The summed E-state index contributed by atoms with van der Waals surface area (Å²) in [5, 5.41) is 8.96. The second-order valence-electron chi connectivity index (χ2n) is 6.53. The molecular formula is C21H24N2O2. The van der Waals surface area contributed by atoms with E-state index in [0.29, 0.717) is 30.2 Å². The van der Waals surface area contributed by atoms with Crippen LogP contribution in [0.25, 0.3) is 0 Å². The SMILES string of the molecule is CC(C)CCOc1ccc(C(=O)N(C)Cc2cccc(C#N)c2)cc1. The van der Waals surface area contributed by atoms with Crippen LogP contribution in [0, 0.1) is 17.2 Å². The van der Waals surface area contributed by atoms with Crippen LogP contribution in [0.4, 0.5) is 0 Å². The largest absolute Gasteiger partial charge is 0.494 e. The molecule has 2 aromatic carbocycles. The number of nitrogens with zero attached hydrogens (tertiary/aromatic N) is 2. The van der Waals surface area contributed by atoms with Crippen molar-refractivity contribution >= 4 is 5.91 Å². The van der Waals surface area contributed by atoms with Crippen molar-refractivity contribution in [3.05, 3.63) is 65.2 Å². The molecule has 2 rings (SSSR count). The minimum Gasteiger partial charge on any atom is -0.494 e. The monoisotopic (exact) mass is 336 g/mol. The molecular weight excluding hydrogens is 312 g/mol. The molecule has 0 N–H and O–H groups in total. The van der Waals surface area contributed by atoms with E-state index < -0.39 is 0 Å². The third kappa shape index (κ3) is 5.65. The predicted octanol–water partition coefficient (Wildman–Crippen LogP) is 4.26. The Kier molecular flexibility index (Phi) is 6.59. The van der Waals surface area contributed by atoms with Crippen LogP contribution in [0.1, 0.15) is 41.8 Å². The molecule has 1 amide bonds. The molecule has 0 saturated carbocycles. The second kappa shape index (κ2) is 8.89. The van der Waals surface area contributed by atoms with Gasteiger partial charge in [0.15, 0.2) is 0 Å². The maximum atomic E-state index is 12.5. The van der Waals surface area contributed by atoms with Gasteiger partial charge in [-0.2, -0.15) is 5.26 Å². The van der Waals surface area contributed by atoms with Gasteiger partial charge in [-0.1, -0.05) is 26.0 Å². The Labute approximate surface area is 149 Å². The lowest BCUT2D eigenvalue weighted by Gasteiger charge is -2.18. The molecule has 0 unspecified atom stereocenters. The third-order valence-electron chi connectivity index (χ3n) is 3.89. The lowest BCUT2D eigenvalue weighted by Crippen LogP contribution is -2.26.